The number of nitrogen functional groups attached to an aromatic ring is 1. The molecule has 0 bridgehead atoms. The number of pyridine rings is 1. The molecule has 4 aromatic rings. The molecule has 2 unspecified atom stereocenters. The summed E-state index contributed by atoms with van der Waals surface area (Å²) in [6.07, 6.45) is -0.750. The highest BCUT2D eigenvalue weighted by Crippen LogP contribution is 2.45. The quantitative estimate of drug-likeness (QED) is 0.102. The van der Waals surface area contributed by atoms with Crippen molar-refractivity contribution >= 4 is 28.4 Å². The Morgan fingerprint density at radius 3 is 2.41 bits per heavy atom. The van der Waals surface area contributed by atoms with Crippen molar-refractivity contribution in [1.82, 2.24) is 29.8 Å². The maximum atomic E-state index is 16.7. The Morgan fingerprint density at radius 1 is 1.13 bits per heavy atom. The van der Waals surface area contributed by atoms with Gasteiger partial charge in [0.15, 0.2) is 5.82 Å². The lowest BCUT2D eigenvalue weighted by atomic mass is 9.96. The Balaban J connectivity index is 0.00000235. The number of likely N-dealkylation sites (N-methyl/N-ethyl adjacent to an activating group) is 1. The summed E-state index contributed by atoms with van der Waals surface area (Å²) in [5.41, 5.74) is 1.28. The van der Waals surface area contributed by atoms with Crippen molar-refractivity contribution in [2.24, 2.45) is 7.05 Å². The first-order valence-electron chi connectivity index (χ1n) is 15.2. The van der Waals surface area contributed by atoms with Gasteiger partial charge >= 0.3 is 6.18 Å². The number of ether oxygens (including phenoxy) is 1. The Kier molecular flexibility index (Phi) is 10.5. The van der Waals surface area contributed by atoms with Crippen molar-refractivity contribution in [2.75, 3.05) is 42.6 Å². The number of alkyl halides is 3. The van der Waals surface area contributed by atoms with Crippen LogP contribution in [0.3, 0.4) is 0 Å². The standard InChI is InChI=1S/C29H34F5N9O.C2H6/c1-6-14(2)44-27-19-24(22(31)23(39-27)16-13-17(35)21(30)15(3)20(16)29(32,33)34)40-28(41-25(19)37-9-8-36-4)43-11-7-18(43)26-38-10-12-42(26)5;1-2/h10,12-14,18,36H,6-9,11,35H2,1-5H3,(H,37,40,41);1-2H3. The van der Waals surface area contributed by atoms with Gasteiger partial charge in [-0.15, -0.1) is 0 Å². The average Bonchev–Trinajstić information content (AvgIpc) is 3.41. The SMILES string of the molecule is CC.CCC(C)Oc1nc(-c2cc(N)c(F)c(C)c2C(F)(F)F)c(F)c2nc(N3CCC3c3nccn3C)nc(NCCNC)c12. The van der Waals surface area contributed by atoms with Gasteiger partial charge in [0.2, 0.25) is 11.8 Å². The number of nitrogens with two attached hydrogens (primary N) is 1. The van der Waals surface area contributed by atoms with Crippen LogP contribution in [-0.4, -0.2) is 57.3 Å². The largest absolute Gasteiger partial charge is 0.474 e. The molecule has 0 aliphatic carbocycles. The number of hydrogen-bond donors (Lipinski definition) is 3. The van der Waals surface area contributed by atoms with Crippen LogP contribution in [0, 0.1) is 18.6 Å². The summed E-state index contributed by atoms with van der Waals surface area (Å²) >= 11 is 0. The van der Waals surface area contributed by atoms with Crippen LogP contribution in [0.5, 0.6) is 5.88 Å². The second kappa shape index (κ2) is 14.0. The molecule has 10 nitrogen and oxygen atoms in total. The predicted molar refractivity (Wildman–Crippen MR) is 169 cm³/mol. The van der Waals surface area contributed by atoms with Crippen molar-refractivity contribution in [3.8, 4) is 17.1 Å². The van der Waals surface area contributed by atoms with Gasteiger partial charge in [-0.05, 0) is 45.4 Å². The molecule has 3 aromatic heterocycles. The fourth-order valence-electron chi connectivity index (χ4n) is 5.19. The molecule has 15 heteroatoms. The summed E-state index contributed by atoms with van der Waals surface area (Å²) in [4.78, 5) is 19.8. The van der Waals surface area contributed by atoms with Crippen LogP contribution in [0.15, 0.2) is 18.5 Å². The van der Waals surface area contributed by atoms with Crippen LogP contribution in [-0.2, 0) is 13.2 Å². The molecule has 0 saturated carbocycles. The third kappa shape index (κ3) is 6.50. The van der Waals surface area contributed by atoms with Crippen LogP contribution in [0.2, 0.25) is 0 Å². The zero-order valence-corrected chi connectivity index (χ0v) is 27.0. The Hall–Kier alpha value is -4.27. The average molecular weight is 650 g/mol. The molecular formula is C31H40F5N9O. The first-order chi connectivity index (χ1) is 21.9. The van der Waals surface area contributed by atoms with Gasteiger partial charge in [-0.1, -0.05) is 20.8 Å². The molecule has 0 radical (unpaired) electrons. The van der Waals surface area contributed by atoms with E-state index in [4.69, 9.17) is 15.5 Å². The zero-order chi connectivity index (χ0) is 33.9. The van der Waals surface area contributed by atoms with E-state index in [2.05, 4.69) is 25.6 Å². The van der Waals surface area contributed by atoms with E-state index in [-0.39, 0.29) is 34.6 Å². The molecule has 46 heavy (non-hydrogen) atoms. The fraction of sp³-hybridized carbons (Fsp3) is 0.484. The van der Waals surface area contributed by atoms with E-state index in [1.54, 1.807) is 20.2 Å². The zero-order valence-electron chi connectivity index (χ0n) is 27.0. The number of rotatable bonds is 10. The second-order valence-electron chi connectivity index (χ2n) is 10.8. The van der Waals surface area contributed by atoms with E-state index in [1.165, 1.54) is 0 Å². The summed E-state index contributed by atoms with van der Waals surface area (Å²) in [5, 5.41) is 6.26. The Labute approximate surface area is 264 Å². The second-order valence-corrected chi connectivity index (χ2v) is 10.8. The molecule has 5 rings (SSSR count). The van der Waals surface area contributed by atoms with E-state index >= 15 is 4.39 Å². The number of halogens is 5. The van der Waals surface area contributed by atoms with Crippen molar-refractivity contribution in [1.29, 1.82) is 0 Å². The summed E-state index contributed by atoms with van der Waals surface area (Å²) in [6, 6.07) is 0.546. The van der Waals surface area contributed by atoms with Crippen LogP contribution >= 0.6 is 0 Å². The highest BCUT2D eigenvalue weighted by atomic mass is 19.4. The smallest absolute Gasteiger partial charge is 0.417 e. The summed E-state index contributed by atoms with van der Waals surface area (Å²) in [6.45, 7) is 9.99. The van der Waals surface area contributed by atoms with Crippen LogP contribution < -0.4 is 26.0 Å². The molecule has 250 valence electrons. The van der Waals surface area contributed by atoms with Gasteiger partial charge in [-0.25, -0.2) is 23.7 Å². The number of hydrogen-bond acceptors (Lipinski definition) is 9. The van der Waals surface area contributed by atoms with E-state index in [1.807, 2.05) is 43.5 Å². The van der Waals surface area contributed by atoms with Crippen LogP contribution in [0.25, 0.3) is 22.2 Å². The van der Waals surface area contributed by atoms with E-state index < -0.39 is 52.0 Å². The number of aryl methyl sites for hydroxylation is 1. The molecule has 1 aromatic carbocycles. The van der Waals surface area contributed by atoms with Gasteiger partial charge in [0, 0.05) is 44.6 Å². The highest BCUT2D eigenvalue weighted by molar-refractivity contribution is 5.97. The maximum absolute atomic E-state index is 16.7. The molecule has 1 saturated heterocycles. The number of nitrogens with one attached hydrogen (secondary N) is 2. The van der Waals surface area contributed by atoms with Crippen LogP contribution in [0.1, 0.15) is 63.5 Å². The van der Waals surface area contributed by atoms with Crippen molar-refractivity contribution in [3.63, 3.8) is 0 Å². The maximum Gasteiger partial charge on any atom is 0.417 e. The first kappa shape index (κ1) is 34.6. The molecule has 4 N–H and O–H groups in total. The molecule has 0 amide bonds. The molecule has 0 spiro atoms. The number of imidazole rings is 1. The lowest BCUT2D eigenvalue weighted by Crippen LogP contribution is -2.43. The number of aromatic nitrogens is 5. The van der Waals surface area contributed by atoms with E-state index in [0.29, 0.717) is 26.1 Å². The summed E-state index contributed by atoms with van der Waals surface area (Å²) in [7, 11) is 3.62. The lowest BCUT2D eigenvalue weighted by Gasteiger charge is -2.40. The number of benzene rings is 1. The third-order valence-electron chi connectivity index (χ3n) is 7.79. The van der Waals surface area contributed by atoms with Gasteiger partial charge in [0.1, 0.15) is 34.1 Å². The van der Waals surface area contributed by atoms with E-state index in [9.17, 15) is 17.6 Å². The van der Waals surface area contributed by atoms with Crippen molar-refractivity contribution in [3.05, 3.63) is 47.0 Å². The monoisotopic (exact) mass is 649 g/mol. The summed E-state index contributed by atoms with van der Waals surface area (Å²) < 4.78 is 82.3. The normalized spacial score (nSPS) is 15.3. The van der Waals surface area contributed by atoms with Gasteiger partial charge in [-0.3, -0.25) is 0 Å². The molecule has 1 aliphatic heterocycles. The molecule has 2 atom stereocenters. The van der Waals surface area contributed by atoms with Gasteiger partial charge < -0.3 is 30.6 Å². The molecular weight excluding hydrogens is 609 g/mol. The van der Waals surface area contributed by atoms with Gasteiger partial charge in [0.05, 0.1) is 23.4 Å². The number of anilines is 3. The summed E-state index contributed by atoms with van der Waals surface area (Å²) in [5.74, 6) is -1.44. The first-order valence-corrected chi connectivity index (χ1v) is 15.2. The Morgan fingerprint density at radius 2 is 1.85 bits per heavy atom. The van der Waals surface area contributed by atoms with Gasteiger partial charge in [0.25, 0.3) is 0 Å². The minimum Gasteiger partial charge on any atom is -0.474 e. The third-order valence-corrected chi connectivity index (χ3v) is 7.79. The molecule has 4 heterocycles. The van der Waals surface area contributed by atoms with Gasteiger partial charge in [-0.2, -0.15) is 18.2 Å². The van der Waals surface area contributed by atoms with Crippen molar-refractivity contribution in [2.45, 2.75) is 65.8 Å². The number of fused-ring (bicyclic) bond motifs is 1. The fourth-order valence-corrected chi connectivity index (χ4v) is 5.19. The lowest BCUT2D eigenvalue weighted by molar-refractivity contribution is -0.137. The molecule has 1 aliphatic rings. The minimum absolute atomic E-state index is 0.0702. The molecule has 1 fully saturated rings. The highest BCUT2D eigenvalue weighted by Gasteiger charge is 2.40. The Bertz CT molecular complexity index is 1690. The minimum atomic E-state index is -5.04. The van der Waals surface area contributed by atoms with E-state index in [0.717, 1.165) is 25.2 Å². The topological polar surface area (TPSA) is 119 Å². The number of nitrogens with zero attached hydrogens (tertiary/aromatic N) is 6. The van der Waals surface area contributed by atoms with Crippen molar-refractivity contribution < 1.29 is 26.7 Å². The van der Waals surface area contributed by atoms with Crippen LogP contribution in [0.4, 0.5) is 39.4 Å². The predicted octanol–water partition coefficient (Wildman–Crippen LogP) is 6.40.